The summed E-state index contributed by atoms with van der Waals surface area (Å²) in [5.74, 6) is -1.74. The second-order valence-electron chi connectivity index (χ2n) is 4.65. The third-order valence-electron chi connectivity index (χ3n) is 2.93. The van der Waals surface area contributed by atoms with E-state index in [2.05, 4.69) is 5.32 Å². The molecule has 2 aromatic rings. The van der Waals surface area contributed by atoms with Gasteiger partial charge in [0, 0.05) is 0 Å². The zero-order valence-electron chi connectivity index (χ0n) is 12.1. The van der Waals surface area contributed by atoms with Gasteiger partial charge in [-0.25, -0.2) is 4.79 Å². The smallest absolute Gasteiger partial charge is 0.418 e. The Balaban J connectivity index is 2.00. The van der Waals surface area contributed by atoms with E-state index in [0.29, 0.717) is 0 Å². The summed E-state index contributed by atoms with van der Waals surface area (Å²) in [7, 11) is 0. The van der Waals surface area contributed by atoms with Crippen molar-refractivity contribution in [2.24, 2.45) is 0 Å². The van der Waals surface area contributed by atoms with Crippen LogP contribution in [0.4, 0.5) is 18.9 Å². The number of alkyl halides is 3. The minimum absolute atomic E-state index is 0.0580. The highest BCUT2D eigenvalue weighted by atomic mass is 35.5. The first-order valence-corrected chi connectivity index (χ1v) is 7.04. The third kappa shape index (κ3) is 4.48. The number of para-hydroxylation sites is 1. The van der Waals surface area contributed by atoms with Gasteiger partial charge in [0.1, 0.15) is 0 Å². The highest BCUT2D eigenvalue weighted by Crippen LogP contribution is 2.34. The Kier molecular flexibility index (Phi) is 5.46. The molecule has 1 amide bonds. The van der Waals surface area contributed by atoms with Gasteiger partial charge in [-0.2, -0.15) is 13.2 Å². The van der Waals surface area contributed by atoms with Crippen molar-refractivity contribution >= 4 is 29.2 Å². The number of hydrogen-bond acceptors (Lipinski definition) is 3. The second kappa shape index (κ2) is 7.35. The molecule has 0 aliphatic carbocycles. The van der Waals surface area contributed by atoms with Gasteiger partial charge in [0.05, 0.1) is 21.8 Å². The largest absolute Gasteiger partial charge is 0.452 e. The number of carbonyl (C=O) groups excluding carboxylic acids is 2. The Labute approximate surface area is 140 Å². The normalized spacial score (nSPS) is 11.0. The molecule has 8 heteroatoms. The fraction of sp³-hybridized carbons (Fsp3) is 0.125. The summed E-state index contributed by atoms with van der Waals surface area (Å²) in [6.07, 6.45) is -4.61. The molecule has 126 valence electrons. The van der Waals surface area contributed by atoms with Gasteiger partial charge in [-0.1, -0.05) is 35.9 Å². The Hall–Kier alpha value is -2.54. The number of amides is 1. The number of anilines is 1. The first-order chi connectivity index (χ1) is 11.3. The Morgan fingerprint density at radius 3 is 2.33 bits per heavy atom. The summed E-state index contributed by atoms with van der Waals surface area (Å²) >= 11 is 5.81. The molecular weight excluding hydrogens is 347 g/mol. The van der Waals surface area contributed by atoms with Gasteiger partial charge in [-0.15, -0.1) is 0 Å². The fourth-order valence-corrected chi connectivity index (χ4v) is 2.07. The second-order valence-corrected chi connectivity index (χ2v) is 5.05. The number of ether oxygens (including phenoxy) is 1. The van der Waals surface area contributed by atoms with Crippen molar-refractivity contribution in [2.45, 2.75) is 6.18 Å². The summed E-state index contributed by atoms with van der Waals surface area (Å²) in [5.41, 5.74) is -1.35. The zero-order chi connectivity index (χ0) is 17.7. The molecule has 0 aliphatic heterocycles. The molecule has 0 saturated carbocycles. The first-order valence-electron chi connectivity index (χ1n) is 6.67. The molecule has 0 radical (unpaired) electrons. The Morgan fingerprint density at radius 2 is 1.67 bits per heavy atom. The van der Waals surface area contributed by atoms with Crippen molar-refractivity contribution < 1.29 is 27.5 Å². The lowest BCUT2D eigenvalue weighted by Gasteiger charge is -2.13. The fourth-order valence-electron chi connectivity index (χ4n) is 1.86. The first kappa shape index (κ1) is 17.8. The van der Waals surface area contributed by atoms with E-state index in [1.165, 1.54) is 24.3 Å². The maximum Gasteiger partial charge on any atom is 0.418 e. The van der Waals surface area contributed by atoms with E-state index in [-0.39, 0.29) is 10.6 Å². The number of benzene rings is 2. The molecule has 4 nitrogen and oxygen atoms in total. The molecule has 0 atom stereocenters. The van der Waals surface area contributed by atoms with Crippen LogP contribution in [0.3, 0.4) is 0 Å². The standard InChI is InChI=1S/C16H11ClF3NO3/c17-12-7-3-1-5-10(12)15(23)24-9-14(22)21-13-8-4-2-6-11(13)16(18,19)20/h1-8H,9H2,(H,21,22). The molecule has 0 saturated heterocycles. The minimum Gasteiger partial charge on any atom is -0.452 e. The molecule has 24 heavy (non-hydrogen) atoms. The summed E-state index contributed by atoms with van der Waals surface area (Å²) < 4.78 is 43.2. The average Bonchev–Trinajstić information content (AvgIpc) is 2.52. The SMILES string of the molecule is O=C(COC(=O)c1ccccc1Cl)Nc1ccccc1C(F)(F)F. The lowest BCUT2D eigenvalue weighted by molar-refractivity contribution is -0.137. The average molecular weight is 358 g/mol. The Bertz CT molecular complexity index is 762. The van der Waals surface area contributed by atoms with Gasteiger partial charge in [0.25, 0.3) is 5.91 Å². The number of esters is 1. The van der Waals surface area contributed by atoms with Crippen LogP contribution in [-0.4, -0.2) is 18.5 Å². The lowest BCUT2D eigenvalue weighted by atomic mass is 10.1. The number of halogens is 4. The van der Waals surface area contributed by atoms with Crippen LogP contribution in [0.5, 0.6) is 0 Å². The summed E-state index contributed by atoms with van der Waals surface area (Å²) in [5, 5.41) is 2.21. The number of nitrogens with one attached hydrogen (secondary N) is 1. The molecule has 0 aliphatic rings. The quantitative estimate of drug-likeness (QED) is 0.836. The van der Waals surface area contributed by atoms with E-state index in [1.54, 1.807) is 12.1 Å². The van der Waals surface area contributed by atoms with Crippen molar-refractivity contribution in [3.63, 3.8) is 0 Å². The predicted octanol–water partition coefficient (Wildman–Crippen LogP) is 4.15. The summed E-state index contributed by atoms with van der Waals surface area (Å²) in [6.45, 7) is -0.740. The van der Waals surface area contributed by atoms with Crippen LogP contribution in [0.25, 0.3) is 0 Å². The highest BCUT2D eigenvalue weighted by Gasteiger charge is 2.33. The van der Waals surface area contributed by atoms with Crippen molar-refractivity contribution in [2.75, 3.05) is 11.9 Å². The van der Waals surface area contributed by atoms with E-state index in [4.69, 9.17) is 16.3 Å². The maximum absolute atomic E-state index is 12.8. The van der Waals surface area contributed by atoms with Crippen LogP contribution in [0.1, 0.15) is 15.9 Å². The minimum atomic E-state index is -4.61. The maximum atomic E-state index is 12.8. The van der Waals surface area contributed by atoms with E-state index < -0.39 is 35.9 Å². The lowest BCUT2D eigenvalue weighted by Crippen LogP contribution is -2.22. The summed E-state index contributed by atoms with van der Waals surface area (Å²) in [4.78, 5) is 23.5. The van der Waals surface area contributed by atoms with Crippen molar-refractivity contribution in [1.82, 2.24) is 0 Å². The van der Waals surface area contributed by atoms with E-state index in [1.807, 2.05) is 0 Å². The molecule has 1 N–H and O–H groups in total. The zero-order valence-corrected chi connectivity index (χ0v) is 12.8. The van der Waals surface area contributed by atoms with Gasteiger partial charge in [-0.3, -0.25) is 4.79 Å². The van der Waals surface area contributed by atoms with Gasteiger partial charge < -0.3 is 10.1 Å². The molecule has 0 aromatic heterocycles. The van der Waals surface area contributed by atoms with Crippen LogP contribution in [0.15, 0.2) is 48.5 Å². The Morgan fingerprint density at radius 1 is 1.04 bits per heavy atom. The monoisotopic (exact) mass is 357 g/mol. The van der Waals surface area contributed by atoms with Crippen LogP contribution in [0, 0.1) is 0 Å². The summed E-state index contributed by atoms with van der Waals surface area (Å²) in [6, 6.07) is 10.5. The molecular formula is C16H11ClF3NO3. The van der Waals surface area contributed by atoms with Crippen LogP contribution in [-0.2, 0) is 15.7 Å². The number of rotatable bonds is 4. The number of carbonyl (C=O) groups is 2. The molecule has 0 heterocycles. The van der Waals surface area contributed by atoms with E-state index in [0.717, 1.165) is 12.1 Å². The van der Waals surface area contributed by atoms with Crippen LogP contribution < -0.4 is 5.32 Å². The molecule has 0 spiro atoms. The molecule has 0 unspecified atom stereocenters. The topological polar surface area (TPSA) is 55.4 Å². The molecule has 2 rings (SSSR count). The van der Waals surface area contributed by atoms with Crippen LogP contribution >= 0.6 is 11.6 Å². The third-order valence-corrected chi connectivity index (χ3v) is 3.26. The van der Waals surface area contributed by atoms with Gasteiger partial charge in [-0.05, 0) is 24.3 Å². The van der Waals surface area contributed by atoms with Crippen molar-refractivity contribution in [3.8, 4) is 0 Å². The molecule has 0 fully saturated rings. The van der Waals surface area contributed by atoms with Gasteiger partial charge >= 0.3 is 12.1 Å². The van der Waals surface area contributed by atoms with E-state index in [9.17, 15) is 22.8 Å². The molecule has 2 aromatic carbocycles. The highest BCUT2D eigenvalue weighted by molar-refractivity contribution is 6.33. The van der Waals surface area contributed by atoms with Crippen LogP contribution in [0.2, 0.25) is 5.02 Å². The van der Waals surface area contributed by atoms with Crippen molar-refractivity contribution in [1.29, 1.82) is 0 Å². The molecule has 0 bridgehead atoms. The van der Waals surface area contributed by atoms with Gasteiger partial charge in [0.2, 0.25) is 0 Å². The van der Waals surface area contributed by atoms with E-state index >= 15 is 0 Å². The number of hydrogen-bond donors (Lipinski definition) is 1. The van der Waals surface area contributed by atoms with Gasteiger partial charge in [0.15, 0.2) is 6.61 Å². The predicted molar refractivity (Wildman–Crippen MR) is 81.8 cm³/mol. The van der Waals surface area contributed by atoms with Crippen molar-refractivity contribution in [3.05, 3.63) is 64.7 Å².